The maximum absolute atomic E-state index is 13.5. The zero-order valence-corrected chi connectivity index (χ0v) is 11.0. The quantitative estimate of drug-likeness (QED) is 0.863. The van der Waals surface area contributed by atoms with Crippen LogP contribution in [0, 0.1) is 5.82 Å². The second-order valence-corrected chi connectivity index (χ2v) is 4.99. The fourth-order valence-electron chi connectivity index (χ4n) is 1.63. The van der Waals surface area contributed by atoms with Crippen LogP contribution in [0.4, 0.5) is 9.18 Å². The number of carboxylic acid groups (broad SMARTS) is 1. The van der Waals surface area contributed by atoms with Crippen LogP contribution < -0.4 is 0 Å². The first kappa shape index (κ1) is 14.3. The van der Waals surface area contributed by atoms with Crippen molar-refractivity contribution in [2.24, 2.45) is 0 Å². The Kier molecular flexibility index (Phi) is 4.19. The van der Waals surface area contributed by atoms with Crippen LogP contribution in [-0.2, 0) is 9.59 Å². The first-order chi connectivity index (χ1) is 9.49. The fraction of sp³-hybridized carbons (Fsp3) is 0.154. The van der Waals surface area contributed by atoms with Gasteiger partial charge in [-0.2, -0.15) is 0 Å². The maximum atomic E-state index is 13.5. The van der Waals surface area contributed by atoms with Crippen molar-refractivity contribution in [3.05, 3.63) is 40.6 Å². The lowest BCUT2D eigenvalue weighted by Gasteiger charge is -2.09. The van der Waals surface area contributed by atoms with Crippen molar-refractivity contribution >= 4 is 35.0 Å². The van der Waals surface area contributed by atoms with Gasteiger partial charge in [0.25, 0.3) is 11.1 Å². The van der Waals surface area contributed by atoms with Gasteiger partial charge < -0.3 is 5.11 Å². The molecular formula is C13H10FNO4S. The minimum absolute atomic E-state index is 0.0884. The van der Waals surface area contributed by atoms with E-state index in [2.05, 4.69) is 0 Å². The third-order valence-corrected chi connectivity index (χ3v) is 3.52. The van der Waals surface area contributed by atoms with Gasteiger partial charge in [0, 0.05) is 12.1 Å². The molecule has 2 rings (SSSR count). The number of rotatable bonds is 4. The average Bonchev–Trinajstić information content (AvgIpc) is 2.65. The molecule has 0 radical (unpaired) electrons. The van der Waals surface area contributed by atoms with Gasteiger partial charge in [-0.25, -0.2) is 4.39 Å². The molecule has 2 amide bonds. The van der Waals surface area contributed by atoms with Crippen LogP contribution in [0.1, 0.15) is 12.0 Å². The highest BCUT2D eigenvalue weighted by Gasteiger charge is 2.35. The van der Waals surface area contributed by atoms with E-state index in [1.807, 2.05) is 0 Å². The standard InChI is InChI=1S/C13H10FNO4S/c14-9-4-2-1-3-8(9)7-10-12(18)15(13(19)20-10)6-5-11(16)17/h1-4,7H,5-6H2,(H,16,17). The summed E-state index contributed by atoms with van der Waals surface area (Å²) >= 11 is 0.676. The summed E-state index contributed by atoms with van der Waals surface area (Å²) in [4.78, 5) is 35.0. The topological polar surface area (TPSA) is 74.7 Å². The number of aliphatic carboxylic acids is 1. The zero-order chi connectivity index (χ0) is 14.7. The Morgan fingerprint density at radius 1 is 1.35 bits per heavy atom. The highest BCUT2D eigenvalue weighted by Crippen LogP contribution is 2.32. The van der Waals surface area contributed by atoms with Crippen LogP contribution in [-0.4, -0.2) is 33.7 Å². The number of carboxylic acids is 1. The van der Waals surface area contributed by atoms with Gasteiger partial charge in [0.1, 0.15) is 5.82 Å². The summed E-state index contributed by atoms with van der Waals surface area (Å²) in [7, 11) is 0. The molecule has 1 aromatic carbocycles. The Morgan fingerprint density at radius 2 is 2.05 bits per heavy atom. The van der Waals surface area contributed by atoms with Gasteiger partial charge in [-0.3, -0.25) is 19.3 Å². The highest BCUT2D eigenvalue weighted by molar-refractivity contribution is 8.18. The Balaban J connectivity index is 2.19. The Hall–Kier alpha value is -2.15. The maximum Gasteiger partial charge on any atom is 0.305 e. The molecule has 1 aromatic rings. The summed E-state index contributed by atoms with van der Waals surface area (Å²) < 4.78 is 13.5. The van der Waals surface area contributed by atoms with Crippen molar-refractivity contribution in [3.63, 3.8) is 0 Å². The fourth-order valence-corrected chi connectivity index (χ4v) is 2.49. The van der Waals surface area contributed by atoms with Gasteiger partial charge in [-0.1, -0.05) is 18.2 Å². The molecule has 1 aliphatic rings. The summed E-state index contributed by atoms with van der Waals surface area (Å²) in [6.45, 7) is -0.186. The average molecular weight is 295 g/mol. The van der Waals surface area contributed by atoms with E-state index in [-0.39, 0.29) is 23.4 Å². The second-order valence-electron chi connectivity index (χ2n) is 4.00. The van der Waals surface area contributed by atoms with Crippen LogP contribution >= 0.6 is 11.8 Å². The van der Waals surface area contributed by atoms with Crippen molar-refractivity contribution in [3.8, 4) is 0 Å². The number of hydrogen-bond acceptors (Lipinski definition) is 4. The van der Waals surface area contributed by atoms with E-state index in [0.717, 1.165) is 4.90 Å². The second kappa shape index (κ2) is 5.87. The van der Waals surface area contributed by atoms with E-state index in [4.69, 9.17) is 5.11 Å². The number of imide groups is 1. The number of hydrogen-bond donors (Lipinski definition) is 1. The number of nitrogens with zero attached hydrogens (tertiary/aromatic N) is 1. The molecule has 0 unspecified atom stereocenters. The molecule has 7 heteroatoms. The molecule has 1 fully saturated rings. The molecule has 0 aliphatic carbocycles. The lowest BCUT2D eigenvalue weighted by Crippen LogP contribution is -2.30. The molecule has 1 N–H and O–H groups in total. The third-order valence-electron chi connectivity index (χ3n) is 2.61. The number of carbonyl (C=O) groups excluding carboxylic acids is 2. The molecule has 1 aliphatic heterocycles. The van der Waals surface area contributed by atoms with Crippen molar-refractivity contribution in [1.82, 2.24) is 4.90 Å². The smallest absolute Gasteiger partial charge is 0.305 e. The van der Waals surface area contributed by atoms with E-state index in [1.54, 1.807) is 6.07 Å². The van der Waals surface area contributed by atoms with Gasteiger partial charge in [0.2, 0.25) is 0 Å². The van der Waals surface area contributed by atoms with E-state index < -0.39 is 22.9 Å². The van der Waals surface area contributed by atoms with Crippen molar-refractivity contribution in [2.45, 2.75) is 6.42 Å². The van der Waals surface area contributed by atoms with Gasteiger partial charge in [0.05, 0.1) is 11.3 Å². The van der Waals surface area contributed by atoms with Crippen LogP contribution in [0.15, 0.2) is 29.2 Å². The van der Waals surface area contributed by atoms with Gasteiger partial charge >= 0.3 is 5.97 Å². The van der Waals surface area contributed by atoms with Gasteiger partial charge in [-0.05, 0) is 23.9 Å². The molecule has 5 nitrogen and oxygen atoms in total. The first-order valence-electron chi connectivity index (χ1n) is 5.70. The Morgan fingerprint density at radius 3 is 2.70 bits per heavy atom. The number of carbonyl (C=O) groups is 3. The van der Waals surface area contributed by atoms with E-state index in [9.17, 15) is 18.8 Å². The molecule has 0 saturated carbocycles. The molecule has 104 valence electrons. The summed E-state index contributed by atoms with van der Waals surface area (Å²) in [6, 6.07) is 5.87. The highest BCUT2D eigenvalue weighted by atomic mass is 32.2. The lowest BCUT2D eigenvalue weighted by atomic mass is 10.2. The van der Waals surface area contributed by atoms with Gasteiger partial charge in [0.15, 0.2) is 0 Å². The summed E-state index contributed by atoms with van der Waals surface area (Å²) in [5, 5.41) is 8.02. The van der Waals surface area contributed by atoms with Crippen molar-refractivity contribution in [2.75, 3.05) is 6.54 Å². The number of benzene rings is 1. The van der Waals surface area contributed by atoms with Crippen LogP contribution in [0.2, 0.25) is 0 Å². The van der Waals surface area contributed by atoms with Crippen LogP contribution in [0.25, 0.3) is 6.08 Å². The SMILES string of the molecule is O=C(O)CCN1C(=O)SC(=Cc2ccccc2F)C1=O. The summed E-state index contributed by atoms with van der Waals surface area (Å²) in [5.41, 5.74) is 0.205. The number of halogens is 1. The molecule has 1 saturated heterocycles. The van der Waals surface area contributed by atoms with E-state index in [1.165, 1.54) is 24.3 Å². The van der Waals surface area contributed by atoms with Crippen LogP contribution in [0.5, 0.6) is 0 Å². The molecule has 0 aromatic heterocycles. The predicted molar refractivity (Wildman–Crippen MR) is 71.3 cm³/mol. The molecular weight excluding hydrogens is 285 g/mol. The zero-order valence-electron chi connectivity index (χ0n) is 10.2. The van der Waals surface area contributed by atoms with E-state index in [0.29, 0.717) is 11.8 Å². The normalized spacial score (nSPS) is 17.1. The minimum atomic E-state index is -1.10. The third kappa shape index (κ3) is 3.05. The molecule has 0 atom stereocenters. The summed E-state index contributed by atoms with van der Waals surface area (Å²) in [5.74, 6) is -2.18. The Labute approximate surface area is 118 Å². The predicted octanol–water partition coefficient (Wildman–Crippen LogP) is 2.34. The van der Waals surface area contributed by atoms with Crippen molar-refractivity contribution in [1.29, 1.82) is 0 Å². The van der Waals surface area contributed by atoms with Crippen molar-refractivity contribution < 1.29 is 23.9 Å². The van der Waals surface area contributed by atoms with Gasteiger partial charge in [-0.15, -0.1) is 0 Å². The van der Waals surface area contributed by atoms with Crippen LogP contribution in [0.3, 0.4) is 0 Å². The van der Waals surface area contributed by atoms with E-state index >= 15 is 0 Å². The summed E-state index contributed by atoms with van der Waals surface area (Å²) in [6.07, 6.45) is 0.978. The number of thioether (sulfide) groups is 1. The monoisotopic (exact) mass is 295 g/mol. The minimum Gasteiger partial charge on any atom is -0.481 e. The molecule has 0 spiro atoms. The largest absolute Gasteiger partial charge is 0.481 e. The first-order valence-corrected chi connectivity index (χ1v) is 6.52. The Bertz CT molecular complexity index is 614. The molecule has 20 heavy (non-hydrogen) atoms. The molecule has 1 heterocycles. The lowest BCUT2D eigenvalue weighted by molar-refractivity contribution is -0.137. The number of amides is 2. The molecule has 0 bridgehead atoms.